The number of carbonyl (C=O) groups is 1. The molecular weight excluding hydrogens is 254 g/mol. The Kier molecular flexibility index (Phi) is 7.43. The van der Waals surface area contributed by atoms with Gasteiger partial charge in [-0.2, -0.15) is 0 Å². The minimum absolute atomic E-state index is 0.0611. The van der Waals surface area contributed by atoms with Gasteiger partial charge in [0.15, 0.2) is 0 Å². The van der Waals surface area contributed by atoms with Crippen LogP contribution in [-0.4, -0.2) is 37.7 Å². The van der Waals surface area contributed by atoms with Crippen LogP contribution in [0.25, 0.3) is 0 Å². The van der Waals surface area contributed by atoms with Crippen LogP contribution in [0.15, 0.2) is 36.9 Å². The molecule has 0 saturated heterocycles. The fourth-order valence-corrected chi connectivity index (χ4v) is 1.82. The van der Waals surface area contributed by atoms with Crippen molar-refractivity contribution in [1.82, 2.24) is 4.90 Å². The minimum Gasteiger partial charge on any atom is -0.494 e. The molecule has 0 saturated carbocycles. The molecule has 0 N–H and O–H groups in total. The highest BCUT2D eigenvalue weighted by Gasteiger charge is 2.12. The number of methoxy groups -OCH3 is 1. The molecule has 0 unspecified atom stereocenters. The molecule has 0 bridgehead atoms. The lowest BCUT2D eigenvalue weighted by atomic mass is 10.2. The second-order valence-corrected chi connectivity index (χ2v) is 4.38. The third kappa shape index (κ3) is 5.45. The monoisotopic (exact) mass is 277 g/mol. The molecule has 4 heteroatoms. The van der Waals surface area contributed by atoms with E-state index in [1.165, 1.54) is 0 Å². The maximum Gasteiger partial charge on any atom is 0.226 e. The summed E-state index contributed by atoms with van der Waals surface area (Å²) in [6, 6.07) is 7.80. The maximum atomic E-state index is 12.0. The Morgan fingerprint density at radius 2 is 2.05 bits per heavy atom. The quantitative estimate of drug-likeness (QED) is 0.651. The first-order valence-corrected chi connectivity index (χ1v) is 6.80. The van der Waals surface area contributed by atoms with E-state index in [1.807, 2.05) is 31.2 Å². The van der Waals surface area contributed by atoms with Gasteiger partial charge in [0, 0.05) is 26.6 Å². The molecule has 0 aliphatic heterocycles. The van der Waals surface area contributed by atoms with Crippen LogP contribution in [-0.2, 0) is 16.1 Å². The summed E-state index contributed by atoms with van der Waals surface area (Å²) in [4.78, 5) is 13.8. The van der Waals surface area contributed by atoms with Crippen molar-refractivity contribution in [3.8, 4) is 5.75 Å². The molecule has 0 radical (unpaired) electrons. The number of ether oxygens (including phenoxy) is 2. The molecule has 110 valence electrons. The number of hydrogen-bond acceptors (Lipinski definition) is 3. The predicted molar refractivity (Wildman–Crippen MR) is 79.7 cm³/mol. The van der Waals surface area contributed by atoms with Crippen molar-refractivity contribution in [3.63, 3.8) is 0 Å². The number of rotatable bonds is 9. The van der Waals surface area contributed by atoms with Crippen LogP contribution in [0.5, 0.6) is 5.75 Å². The third-order valence-electron chi connectivity index (χ3n) is 2.84. The zero-order valence-electron chi connectivity index (χ0n) is 12.3. The van der Waals surface area contributed by atoms with Gasteiger partial charge in [0.25, 0.3) is 0 Å². The van der Waals surface area contributed by atoms with Gasteiger partial charge in [0.05, 0.1) is 13.2 Å². The summed E-state index contributed by atoms with van der Waals surface area (Å²) in [7, 11) is 1.63. The van der Waals surface area contributed by atoms with E-state index in [1.54, 1.807) is 18.1 Å². The molecule has 0 atom stereocenters. The van der Waals surface area contributed by atoms with Crippen molar-refractivity contribution in [1.29, 1.82) is 0 Å². The van der Waals surface area contributed by atoms with E-state index in [0.29, 0.717) is 32.7 Å². The number of hydrogen-bond donors (Lipinski definition) is 0. The van der Waals surface area contributed by atoms with Gasteiger partial charge in [0.1, 0.15) is 5.75 Å². The van der Waals surface area contributed by atoms with E-state index in [-0.39, 0.29) is 5.91 Å². The van der Waals surface area contributed by atoms with Gasteiger partial charge in [-0.05, 0) is 24.6 Å². The highest BCUT2D eigenvalue weighted by atomic mass is 16.5. The maximum absolute atomic E-state index is 12.0. The lowest BCUT2D eigenvalue weighted by Crippen LogP contribution is -2.32. The summed E-state index contributed by atoms with van der Waals surface area (Å²) < 4.78 is 10.5. The Labute approximate surface area is 121 Å². The summed E-state index contributed by atoms with van der Waals surface area (Å²) in [5.74, 6) is 0.906. The molecule has 0 aliphatic rings. The molecule has 0 aliphatic carbocycles. The van der Waals surface area contributed by atoms with Crippen LogP contribution in [0.1, 0.15) is 18.9 Å². The molecule has 4 nitrogen and oxygen atoms in total. The van der Waals surface area contributed by atoms with Crippen LogP contribution in [0.3, 0.4) is 0 Å². The Morgan fingerprint density at radius 3 is 2.60 bits per heavy atom. The number of nitrogens with zero attached hydrogens (tertiary/aromatic N) is 1. The molecule has 0 aromatic heterocycles. The van der Waals surface area contributed by atoms with Gasteiger partial charge in [-0.25, -0.2) is 0 Å². The Morgan fingerprint density at radius 1 is 1.35 bits per heavy atom. The summed E-state index contributed by atoms with van der Waals surface area (Å²) in [6.07, 6.45) is 1.97. The molecule has 1 aromatic rings. The summed E-state index contributed by atoms with van der Waals surface area (Å²) in [6.45, 7) is 7.89. The van der Waals surface area contributed by atoms with Crippen LogP contribution >= 0.6 is 0 Å². The summed E-state index contributed by atoms with van der Waals surface area (Å²) in [5.41, 5.74) is 1.07. The molecule has 0 fully saturated rings. The average Bonchev–Trinajstić information content (AvgIpc) is 2.45. The molecule has 1 rings (SSSR count). The minimum atomic E-state index is 0.0611. The Bertz CT molecular complexity index is 414. The van der Waals surface area contributed by atoms with Crippen molar-refractivity contribution >= 4 is 5.91 Å². The van der Waals surface area contributed by atoms with Gasteiger partial charge in [0.2, 0.25) is 5.91 Å². The average molecular weight is 277 g/mol. The van der Waals surface area contributed by atoms with Gasteiger partial charge >= 0.3 is 0 Å². The first-order chi connectivity index (χ1) is 9.71. The molecule has 1 aromatic carbocycles. The molecule has 20 heavy (non-hydrogen) atoms. The van der Waals surface area contributed by atoms with E-state index in [2.05, 4.69) is 6.58 Å². The number of benzene rings is 1. The first-order valence-electron chi connectivity index (χ1n) is 6.80. The standard InChI is InChI=1S/C16H23NO3/c1-4-6-16(18)17(11-12-19-3)13-14-7-9-15(10-8-14)20-5-2/h4,7-10H,1,5-6,11-13H2,2-3H3. The van der Waals surface area contributed by atoms with Crippen molar-refractivity contribution < 1.29 is 14.3 Å². The molecule has 0 spiro atoms. The van der Waals surface area contributed by atoms with Crippen LogP contribution < -0.4 is 4.74 Å². The highest BCUT2D eigenvalue weighted by Crippen LogP contribution is 2.14. The number of amides is 1. The normalized spacial score (nSPS) is 10.1. The second kappa shape index (κ2) is 9.15. The highest BCUT2D eigenvalue weighted by molar-refractivity contribution is 5.77. The Balaban J connectivity index is 2.67. The van der Waals surface area contributed by atoms with Crippen LogP contribution in [0, 0.1) is 0 Å². The van der Waals surface area contributed by atoms with E-state index in [0.717, 1.165) is 11.3 Å². The van der Waals surface area contributed by atoms with Gasteiger partial charge in [-0.3, -0.25) is 4.79 Å². The van der Waals surface area contributed by atoms with E-state index >= 15 is 0 Å². The van der Waals surface area contributed by atoms with Gasteiger partial charge in [-0.1, -0.05) is 18.2 Å². The van der Waals surface area contributed by atoms with E-state index < -0.39 is 0 Å². The topological polar surface area (TPSA) is 38.8 Å². The van der Waals surface area contributed by atoms with Crippen molar-refractivity contribution in [2.75, 3.05) is 26.9 Å². The predicted octanol–water partition coefficient (Wildman–Crippen LogP) is 2.64. The van der Waals surface area contributed by atoms with Crippen molar-refractivity contribution in [3.05, 3.63) is 42.5 Å². The summed E-state index contributed by atoms with van der Waals surface area (Å²) >= 11 is 0. The zero-order valence-corrected chi connectivity index (χ0v) is 12.3. The Hall–Kier alpha value is -1.81. The fourth-order valence-electron chi connectivity index (χ4n) is 1.82. The SMILES string of the molecule is C=CCC(=O)N(CCOC)Cc1ccc(OCC)cc1. The largest absolute Gasteiger partial charge is 0.494 e. The number of carbonyl (C=O) groups excluding carboxylic acids is 1. The van der Waals surface area contributed by atoms with Crippen LogP contribution in [0.4, 0.5) is 0 Å². The van der Waals surface area contributed by atoms with Crippen molar-refractivity contribution in [2.45, 2.75) is 19.9 Å². The van der Waals surface area contributed by atoms with Crippen molar-refractivity contribution in [2.24, 2.45) is 0 Å². The summed E-state index contributed by atoms with van der Waals surface area (Å²) in [5, 5.41) is 0. The first kappa shape index (κ1) is 16.2. The van der Waals surface area contributed by atoms with Gasteiger partial charge < -0.3 is 14.4 Å². The van der Waals surface area contributed by atoms with E-state index in [4.69, 9.17) is 9.47 Å². The lowest BCUT2D eigenvalue weighted by molar-refractivity contribution is -0.131. The fraction of sp³-hybridized carbons (Fsp3) is 0.438. The second-order valence-electron chi connectivity index (χ2n) is 4.38. The lowest BCUT2D eigenvalue weighted by Gasteiger charge is -2.22. The van der Waals surface area contributed by atoms with E-state index in [9.17, 15) is 4.79 Å². The molecular formula is C16H23NO3. The molecule has 1 amide bonds. The van der Waals surface area contributed by atoms with Gasteiger partial charge in [-0.15, -0.1) is 6.58 Å². The third-order valence-corrected chi connectivity index (χ3v) is 2.84. The van der Waals surface area contributed by atoms with Crippen LogP contribution in [0.2, 0.25) is 0 Å². The zero-order chi connectivity index (χ0) is 14.8. The molecule has 0 heterocycles. The smallest absolute Gasteiger partial charge is 0.226 e.